The predicted octanol–water partition coefficient (Wildman–Crippen LogP) is 3.37. The van der Waals surface area contributed by atoms with Gasteiger partial charge < -0.3 is 10.6 Å². The quantitative estimate of drug-likeness (QED) is 0.630. The van der Waals surface area contributed by atoms with E-state index in [1.54, 1.807) is 12.1 Å². The van der Waals surface area contributed by atoms with Gasteiger partial charge in [-0.25, -0.2) is 4.98 Å². The Hall–Kier alpha value is -1.59. The lowest BCUT2D eigenvalue weighted by molar-refractivity contribution is 0.920. The number of hydrogen-bond acceptors (Lipinski definition) is 5. The Morgan fingerprint density at radius 3 is 2.75 bits per heavy atom. The largest absolute Gasteiger partial charge is 0.368 e. The summed E-state index contributed by atoms with van der Waals surface area (Å²) < 4.78 is 0.735. The standard InChI is InChI=1S/C13H11ClIN5/c14-9-4-1-2-5-10(9)20(7-3-6-16)12-8-11(15)18-13(17)19-12/h1-2,4-5,8H,3,7H2,(H2,17,18,19). The number of benzene rings is 1. The molecular formula is C13H11ClIN5. The summed E-state index contributed by atoms with van der Waals surface area (Å²) in [5.74, 6) is 0.825. The number of nitriles is 1. The molecule has 1 aromatic heterocycles. The van der Waals surface area contributed by atoms with Crippen LogP contribution in [0.5, 0.6) is 0 Å². The van der Waals surface area contributed by atoms with Crippen molar-refractivity contribution in [1.82, 2.24) is 9.97 Å². The lowest BCUT2D eigenvalue weighted by atomic mass is 10.2. The molecule has 2 rings (SSSR count). The van der Waals surface area contributed by atoms with Crippen molar-refractivity contribution in [1.29, 1.82) is 5.26 Å². The molecule has 0 radical (unpaired) electrons. The van der Waals surface area contributed by atoms with Crippen LogP contribution in [0, 0.1) is 15.0 Å². The second-order valence-electron chi connectivity index (χ2n) is 3.92. The first-order valence-corrected chi connectivity index (χ1v) is 7.26. The van der Waals surface area contributed by atoms with Crippen molar-refractivity contribution in [3.63, 3.8) is 0 Å². The Labute approximate surface area is 135 Å². The van der Waals surface area contributed by atoms with Crippen molar-refractivity contribution in [2.45, 2.75) is 6.42 Å². The minimum absolute atomic E-state index is 0.195. The van der Waals surface area contributed by atoms with Crippen LogP contribution in [-0.2, 0) is 0 Å². The molecule has 0 atom stereocenters. The van der Waals surface area contributed by atoms with E-state index < -0.39 is 0 Å². The molecule has 0 aliphatic carbocycles. The van der Waals surface area contributed by atoms with Crippen LogP contribution in [0.3, 0.4) is 0 Å². The van der Waals surface area contributed by atoms with Crippen LogP contribution in [0.1, 0.15) is 6.42 Å². The summed E-state index contributed by atoms with van der Waals surface area (Å²) in [7, 11) is 0. The highest BCUT2D eigenvalue weighted by molar-refractivity contribution is 14.1. The first kappa shape index (κ1) is 14.8. The maximum atomic E-state index is 8.82. The number of nitrogen functional groups attached to an aromatic ring is 1. The van der Waals surface area contributed by atoms with Gasteiger partial charge in [0, 0.05) is 12.6 Å². The van der Waals surface area contributed by atoms with Crippen LogP contribution in [0.15, 0.2) is 30.3 Å². The number of halogens is 2. The zero-order valence-electron chi connectivity index (χ0n) is 10.4. The Morgan fingerprint density at radius 2 is 2.10 bits per heavy atom. The van der Waals surface area contributed by atoms with E-state index in [2.05, 4.69) is 38.6 Å². The normalized spacial score (nSPS) is 10.1. The minimum atomic E-state index is 0.195. The molecule has 0 spiro atoms. The van der Waals surface area contributed by atoms with Gasteiger partial charge in [0.25, 0.3) is 0 Å². The van der Waals surface area contributed by atoms with E-state index in [0.29, 0.717) is 23.8 Å². The van der Waals surface area contributed by atoms with E-state index in [1.165, 1.54) is 0 Å². The fourth-order valence-corrected chi connectivity index (χ4v) is 2.52. The summed E-state index contributed by atoms with van der Waals surface area (Å²) >= 11 is 8.30. The summed E-state index contributed by atoms with van der Waals surface area (Å²) in [6.07, 6.45) is 0.353. The Morgan fingerprint density at radius 1 is 1.35 bits per heavy atom. The first-order valence-electron chi connectivity index (χ1n) is 5.81. The van der Waals surface area contributed by atoms with Gasteiger partial charge in [-0.3, -0.25) is 0 Å². The molecule has 2 N–H and O–H groups in total. The molecule has 102 valence electrons. The van der Waals surface area contributed by atoms with Gasteiger partial charge in [0.1, 0.15) is 9.52 Å². The molecule has 0 aliphatic rings. The number of anilines is 3. The zero-order valence-corrected chi connectivity index (χ0v) is 13.3. The van der Waals surface area contributed by atoms with E-state index in [-0.39, 0.29) is 5.95 Å². The van der Waals surface area contributed by atoms with E-state index in [4.69, 9.17) is 22.6 Å². The average molecular weight is 400 g/mol. The van der Waals surface area contributed by atoms with Gasteiger partial charge in [0.05, 0.1) is 23.2 Å². The lowest BCUT2D eigenvalue weighted by Gasteiger charge is -2.24. The molecule has 5 nitrogen and oxygen atoms in total. The molecule has 1 heterocycles. The third-order valence-corrected chi connectivity index (χ3v) is 3.44. The van der Waals surface area contributed by atoms with Crippen molar-refractivity contribution in [2.75, 3.05) is 17.2 Å². The van der Waals surface area contributed by atoms with Crippen LogP contribution in [0.2, 0.25) is 5.02 Å². The summed E-state index contributed by atoms with van der Waals surface area (Å²) in [5.41, 5.74) is 6.48. The second-order valence-corrected chi connectivity index (χ2v) is 5.43. The number of hydrogen-bond donors (Lipinski definition) is 1. The summed E-state index contributed by atoms with van der Waals surface area (Å²) in [5, 5.41) is 9.41. The highest BCUT2D eigenvalue weighted by Gasteiger charge is 2.15. The first-order chi connectivity index (χ1) is 9.61. The maximum absolute atomic E-state index is 8.82. The van der Waals surface area contributed by atoms with Gasteiger partial charge in [0.15, 0.2) is 0 Å². The molecule has 0 unspecified atom stereocenters. The van der Waals surface area contributed by atoms with Crippen molar-refractivity contribution in [3.05, 3.63) is 39.1 Å². The van der Waals surface area contributed by atoms with Crippen LogP contribution >= 0.6 is 34.2 Å². The van der Waals surface area contributed by atoms with Gasteiger partial charge in [-0.2, -0.15) is 10.2 Å². The van der Waals surface area contributed by atoms with Crippen LogP contribution in [0.25, 0.3) is 0 Å². The smallest absolute Gasteiger partial charge is 0.222 e. The molecule has 0 saturated carbocycles. The molecule has 20 heavy (non-hydrogen) atoms. The third kappa shape index (κ3) is 3.49. The van der Waals surface area contributed by atoms with E-state index in [1.807, 2.05) is 23.1 Å². The molecule has 0 saturated heterocycles. The molecular weight excluding hydrogens is 389 g/mol. The van der Waals surface area contributed by atoms with Crippen LogP contribution in [-0.4, -0.2) is 16.5 Å². The number of nitrogens with zero attached hydrogens (tertiary/aromatic N) is 4. The summed E-state index contributed by atoms with van der Waals surface area (Å²) in [6, 6.07) is 11.3. The van der Waals surface area contributed by atoms with Gasteiger partial charge in [-0.1, -0.05) is 23.7 Å². The van der Waals surface area contributed by atoms with Gasteiger partial charge in [-0.05, 0) is 34.7 Å². The number of para-hydroxylation sites is 1. The third-order valence-electron chi connectivity index (χ3n) is 2.57. The zero-order chi connectivity index (χ0) is 14.5. The Kier molecular flexibility index (Phi) is 4.98. The fraction of sp³-hybridized carbons (Fsp3) is 0.154. The average Bonchev–Trinajstić information content (AvgIpc) is 2.40. The fourth-order valence-electron chi connectivity index (χ4n) is 1.75. The molecule has 1 aromatic carbocycles. The molecule has 0 amide bonds. The molecule has 7 heteroatoms. The topological polar surface area (TPSA) is 78.8 Å². The highest BCUT2D eigenvalue weighted by atomic mass is 127. The maximum Gasteiger partial charge on any atom is 0.222 e. The van der Waals surface area contributed by atoms with E-state index in [9.17, 15) is 0 Å². The van der Waals surface area contributed by atoms with E-state index >= 15 is 0 Å². The Balaban J connectivity index is 2.47. The molecule has 0 aliphatic heterocycles. The van der Waals surface area contributed by atoms with Crippen molar-refractivity contribution >= 4 is 51.6 Å². The van der Waals surface area contributed by atoms with Crippen LogP contribution < -0.4 is 10.6 Å². The van der Waals surface area contributed by atoms with Gasteiger partial charge in [-0.15, -0.1) is 0 Å². The molecule has 0 bridgehead atoms. The van der Waals surface area contributed by atoms with Crippen molar-refractivity contribution < 1.29 is 0 Å². The summed E-state index contributed by atoms with van der Waals surface area (Å²) in [6.45, 7) is 0.479. The molecule has 2 aromatic rings. The second kappa shape index (κ2) is 6.72. The van der Waals surface area contributed by atoms with E-state index in [0.717, 1.165) is 9.39 Å². The summed E-state index contributed by atoms with van der Waals surface area (Å²) in [4.78, 5) is 10.1. The Bertz CT molecular complexity index is 635. The number of rotatable bonds is 4. The van der Waals surface area contributed by atoms with Crippen LogP contribution in [0.4, 0.5) is 17.5 Å². The van der Waals surface area contributed by atoms with Gasteiger partial charge in [0.2, 0.25) is 5.95 Å². The van der Waals surface area contributed by atoms with Crippen molar-refractivity contribution in [3.8, 4) is 6.07 Å². The molecule has 0 fully saturated rings. The van der Waals surface area contributed by atoms with Gasteiger partial charge >= 0.3 is 0 Å². The number of nitrogens with two attached hydrogens (primary N) is 1. The number of aromatic nitrogens is 2. The highest BCUT2D eigenvalue weighted by Crippen LogP contribution is 2.31. The SMILES string of the molecule is N#CCCN(c1cc(I)nc(N)n1)c1ccccc1Cl. The van der Waals surface area contributed by atoms with Crippen molar-refractivity contribution in [2.24, 2.45) is 0 Å². The monoisotopic (exact) mass is 399 g/mol. The minimum Gasteiger partial charge on any atom is -0.368 e. The lowest BCUT2D eigenvalue weighted by Crippen LogP contribution is -2.20. The predicted molar refractivity (Wildman–Crippen MR) is 87.8 cm³/mol.